The van der Waals surface area contributed by atoms with Crippen molar-refractivity contribution in [1.82, 2.24) is 15.2 Å². The lowest BCUT2D eigenvalue weighted by atomic mass is 10.2. The highest BCUT2D eigenvalue weighted by molar-refractivity contribution is 8.00. The summed E-state index contributed by atoms with van der Waals surface area (Å²) in [5.74, 6) is -0.362. The Kier molecular flexibility index (Phi) is 5.80. The maximum absolute atomic E-state index is 13.8. The number of amides is 1. The van der Waals surface area contributed by atoms with Crippen LogP contribution in [0.2, 0.25) is 10.0 Å². The van der Waals surface area contributed by atoms with Crippen molar-refractivity contribution < 1.29 is 9.18 Å². The monoisotopic (exact) mass is 410 g/mol. The Morgan fingerprint density at radius 2 is 2.04 bits per heavy atom. The van der Waals surface area contributed by atoms with Crippen molar-refractivity contribution in [2.24, 2.45) is 0 Å². The van der Waals surface area contributed by atoms with Gasteiger partial charge in [-0.3, -0.25) is 9.89 Å². The minimum atomic E-state index is -0.494. The summed E-state index contributed by atoms with van der Waals surface area (Å²) in [6.07, 6.45) is 0. The Morgan fingerprint density at radius 1 is 1.27 bits per heavy atom. The van der Waals surface area contributed by atoms with Crippen molar-refractivity contribution in [2.45, 2.75) is 17.3 Å². The Labute approximate surface area is 163 Å². The first-order valence-electron chi connectivity index (χ1n) is 7.54. The average molecular weight is 411 g/mol. The second-order valence-electron chi connectivity index (χ2n) is 5.32. The molecular formula is C17H13Cl2FN4OS. The molecule has 0 unspecified atom stereocenters. The zero-order chi connectivity index (χ0) is 18.7. The Balaban J connectivity index is 1.67. The predicted octanol–water partition coefficient (Wildman–Crippen LogP) is 5.04. The molecule has 0 fully saturated rings. The van der Waals surface area contributed by atoms with Crippen LogP contribution in [0.5, 0.6) is 0 Å². The Hall–Kier alpha value is -2.09. The molecule has 1 amide bonds. The number of rotatable bonds is 5. The summed E-state index contributed by atoms with van der Waals surface area (Å²) in [5.41, 5.74) is 0.785. The maximum atomic E-state index is 13.8. The zero-order valence-corrected chi connectivity index (χ0v) is 15.8. The quantitative estimate of drug-likeness (QED) is 0.578. The summed E-state index contributed by atoms with van der Waals surface area (Å²) >= 11 is 13.0. The van der Waals surface area contributed by atoms with Gasteiger partial charge in [0.1, 0.15) is 5.82 Å². The summed E-state index contributed by atoms with van der Waals surface area (Å²) in [4.78, 5) is 16.6. The first-order valence-corrected chi connectivity index (χ1v) is 9.17. The molecule has 1 aromatic heterocycles. The van der Waals surface area contributed by atoms with Gasteiger partial charge in [-0.1, -0.05) is 47.1 Å². The molecule has 0 aliphatic rings. The van der Waals surface area contributed by atoms with Gasteiger partial charge in [-0.25, -0.2) is 9.37 Å². The number of hydrogen-bond acceptors (Lipinski definition) is 4. The van der Waals surface area contributed by atoms with Crippen LogP contribution in [0.15, 0.2) is 47.6 Å². The van der Waals surface area contributed by atoms with Crippen LogP contribution in [-0.4, -0.2) is 26.3 Å². The molecule has 3 rings (SSSR count). The molecule has 0 aliphatic carbocycles. The lowest BCUT2D eigenvalue weighted by molar-refractivity contribution is -0.115. The standard InChI is InChI=1S/C17H13Cl2FN4OS/c1-9(16(25)21-14-7-6-10(18)8-12(14)19)26-17-22-15(23-24-17)11-4-2-3-5-13(11)20/h2-9H,1H3,(H,21,25)(H,22,23,24)/t9-/m1/s1. The second-order valence-corrected chi connectivity index (χ2v) is 7.47. The second kappa shape index (κ2) is 8.07. The number of halogens is 3. The minimum absolute atomic E-state index is 0.267. The summed E-state index contributed by atoms with van der Waals surface area (Å²) in [7, 11) is 0. The van der Waals surface area contributed by atoms with Gasteiger partial charge in [-0.05, 0) is 37.3 Å². The highest BCUT2D eigenvalue weighted by atomic mass is 35.5. The van der Waals surface area contributed by atoms with Crippen LogP contribution < -0.4 is 5.32 Å². The lowest BCUT2D eigenvalue weighted by Gasteiger charge is -2.11. The number of anilines is 1. The third-order valence-corrected chi connectivity index (χ3v) is 4.94. The Morgan fingerprint density at radius 3 is 2.77 bits per heavy atom. The number of aromatic nitrogens is 3. The van der Waals surface area contributed by atoms with E-state index < -0.39 is 11.1 Å². The average Bonchev–Trinajstić information content (AvgIpc) is 3.06. The number of H-pyrrole nitrogens is 1. The van der Waals surface area contributed by atoms with E-state index >= 15 is 0 Å². The highest BCUT2D eigenvalue weighted by Crippen LogP contribution is 2.28. The molecule has 0 saturated heterocycles. The summed E-state index contributed by atoms with van der Waals surface area (Å²) < 4.78 is 13.8. The van der Waals surface area contributed by atoms with E-state index in [-0.39, 0.29) is 5.91 Å². The van der Waals surface area contributed by atoms with Crippen LogP contribution in [0, 0.1) is 5.82 Å². The van der Waals surface area contributed by atoms with Gasteiger partial charge in [-0.15, -0.1) is 5.10 Å². The van der Waals surface area contributed by atoms with E-state index in [4.69, 9.17) is 23.2 Å². The van der Waals surface area contributed by atoms with Crippen LogP contribution in [0.4, 0.5) is 10.1 Å². The van der Waals surface area contributed by atoms with Crippen LogP contribution in [0.25, 0.3) is 11.4 Å². The number of hydrogen-bond donors (Lipinski definition) is 2. The molecule has 134 valence electrons. The van der Waals surface area contributed by atoms with Crippen molar-refractivity contribution >= 4 is 46.6 Å². The van der Waals surface area contributed by atoms with Crippen molar-refractivity contribution in [3.63, 3.8) is 0 Å². The number of aromatic amines is 1. The smallest absolute Gasteiger partial charge is 0.237 e. The number of carbonyl (C=O) groups excluding carboxylic acids is 1. The van der Waals surface area contributed by atoms with Gasteiger partial charge in [-0.2, -0.15) is 0 Å². The van der Waals surface area contributed by atoms with Gasteiger partial charge in [0.05, 0.1) is 21.5 Å². The minimum Gasteiger partial charge on any atom is -0.324 e. The van der Waals surface area contributed by atoms with Gasteiger partial charge in [0.2, 0.25) is 11.1 Å². The molecule has 1 atom stereocenters. The fourth-order valence-electron chi connectivity index (χ4n) is 2.11. The number of thioether (sulfide) groups is 1. The molecule has 0 aliphatic heterocycles. The molecule has 9 heteroatoms. The third-order valence-electron chi connectivity index (χ3n) is 3.43. The topological polar surface area (TPSA) is 70.7 Å². The van der Waals surface area contributed by atoms with Gasteiger partial charge in [0.15, 0.2) is 5.82 Å². The summed E-state index contributed by atoms with van der Waals surface area (Å²) in [5, 5.41) is 10.1. The third kappa shape index (κ3) is 4.35. The molecule has 3 aromatic rings. The maximum Gasteiger partial charge on any atom is 0.237 e. The van der Waals surface area contributed by atoms with Gasteiger partial charge in [0, 0.05) is 5.02 Å². The molecule has 5 nitrogen and oxygen atoms in total. The number of nitrogens with one attached hydrogen (secondary N) is 2. The van der Waals surface area contributed by atoms with Gasteiger partial charge < -0.3 is 5.32 Å². The molecule has 2 N–H and O–H groups in total. The molecule has 0 radical (unpaired) electrons. The molecule has 26 heavy (non-hydrogen) atoms. The number of carbonyl (C=O) groups is 1. The molecule has 2 aromatic carbocycles. The van der Waals surface area contributed by atoms with Crippen LogP contribution in [0.3, 0.4) is 0 Å². The van der Waals surface area contributed by atoms with Crippen molar-refractivity contribution in [3.05, 3.63) is 58.3 Å². The molecule has 1 heterocycles. The first-order chi connectivity index (χ1) is 12.4. The van der Waals surface area contributed by atoms with E-state index in [0.717, 1.165) is 11.8 Å². The van der Waals surface area contributed by atoms with E-state index in [1.54, 1.807) is 43.3 Å². The molecule has 0 spiro atoms. The fourth-order valence-corrected chi connectivity index (χ4v) is 3.29. The van der Waals surface area contributed by atoms with Crippen molar-refractivity contribution in [2.75, 3.05) is 5.32 Å². The van der Waals surface area contributed by atoms with Gasteiger partial charge >= 0.3 is 0 Å². The first kappa shape index (κ1) is 18.7. The van der Waals surface area contributed by atoms with E-state index in [1.807, 2.05) is 0 Å². The highest BCUT2D eigenvalue weighted by Gasteiger charge is 2.19. The zero-order valence-electron chi connectivity index (χ0n) is 13.5. The fraction of sp³-hybridized carbons (Fsp3) is 0.118. The summed E-state index contributed by atoms with van der Waals surface area (Å²) in [6.45, 7) is 1.71. The lowest BCUT2D eigenvalue weighted by Crippen LogP contribution is -2.22. The Bertz CT molecular complexity index is 950. The predicted molar refractivity (Wildman–Crippen MR) is 102 cm³/mol. The van der Waals surface area contributed by atoms with Crippen LogP contribution >= 0.6 is 35.0 Å². The van der Waals surface area contributed by atoms with E-state index in [9.17, 15) is 9.18 Å². The largest absolute Gasteiger partial charge is 0.324 e. The van der Waals surface area contributed by atoms with Crippen molar-refractivity contribution in [3.8, 4) is 11.4 Å². The number of benzene rings is 2. The van der Waals surface area contributed by atoms with Crippen LogP contribution in [-0.2, 0) is 4.79 Å². The SMILES string of the molecule is C[C@@H](Sc1n[nH]c(-c2ccccc2F)n1)C(=O)Nc1ccc(Cl)cc1Cl. The van der Waals surface area contributed by atoms with E-state index in [1.165, 1.54) is 6.07 Å². The van der Waals surface area contributed by atoms with Crippen LogP contribution in [0.1, 0.15) is 6.92 Å². The normalized spacial score (nSPS) is 12.0. The van der Waals surface area contributed by atoms with Gasteiger partial charge in [0.25, 0.3) is 0 Å². The molecule has 0 saturated carbocycles. The van der Waals surface area contributed by atoms with Crippen molar-refractivity contribution in [1.29, 1.82) is 0 Å². The van der Waals surface area contributed by atoms with E-state index in [2.05, 4.69) is 20.5 Å². The van der Waals surface area contributed by atoms with E-state index in [0.29, 0.717) is 32.3 Å². The number of nitrogens with zero attached hydrogens (tertiary/aromatic N) is 2. The molecule has 0 bridgehead atoms. The molecular weight excluding hydrogens is 398 g/mol. The summed E-state index contributed by atoms with van der Waals surface area (Å²) in [6, 6.07) is 11.1.